The van der Waals surface area contributed by atoms with Gasteiger partial charge in [0.25, 0.3) is 0 Å². The maximum absolute atomic E-state index is 13.1. The van der Waals surface area contributed by atoms with Crippen molar-refractivity contribution in [2.75, 3.05) is 6.61 Å². The lowest BCUT2D eigenvalue weighted by molar-refractivity contribution is -0.136. The molecule has 3 rings (SSSR count). The predicted octanol–water partition coefficient (Wildman–Crippen LogP) is 2.37. The van der Waals surface area contributed by atoms with Crippen LogP contribution >= 0.6 is 0 Å². The largest absolute Gasteiger partial charge is 0.461 e. The minimum Gasteiger partial charge on any atom is -0.461 e. The van der Waals surface area contributed by atoms with Crippen molar-refractivity contribution in [1.29, 1.82) is 0 Å². The number of nitrogens with zero attached hydrogens (tertiary/aromatic N) is 2. The number of ether oxygens (including phenoxy) is 1. The Morgan fingerprint density at radius 1 is 1.39 bits per heavy atom. The van der Waals surface area contributed by atoms with E-state index < -0.39 is 23.3 Å². The molecule has 0 aliphatic heterocycles. The van der Waals surface area contributed by atoms with Gasteiger partial charge in [0.1, 0.15) is 11.3 Å². The molecule has 3 aromatic heterocycles. The molecule has 1 N–H and O–H groups in total. The van der Waals surface area contributed by atoms with Crippen LogP contribution in [0.4, 0.5) is 13.2 Å². The lowest BCUT2D eigenvalue weighted by Gasteiger charge is -2.10. The molecule has 0 spiro atoms. The summed E-state index contributed by atoms with van der Waals surface area (Å²) >= 11 is 0. The Bertz CT molecular complexity index is 972. The molecular formula is C14H10F3N3O3. The Hall–Kier alpha value is -2.84. The minimum absolute atomic E-state index is 0.0578. The summed E-state index contributed by atoms with van der Waals surface area (Å²) < 4.78 is 45.3. The van der Waals surface area contributed by atoms with Gasteiger partial charge in [-0.15, -0.1) is 0 Å². The van der Waals surface area contributed by atoms with E-state index in [9.17, 15) is 22.8 Å². The van der Waals surface area contributed by atoms with Crippen molar-refractivity contribution in [2.24, 2.45) is 0 Å². The van der Waals surface area contributed by atoms with Gasteiger partial charge in [0.15, 0.2) is 5.69 Å². The summed E-state index contributed by atoms with van der Waals surface area (Å²) in [6.45, 7) is 1.76. The van der Waals surface area contributed by atoms with Gasteiger partial charge in [-0.1, -0.05) is 0 Å². The highest BCUT2D eigenvalue weighted by Crippen LogP contribution is 2.33. The molecule has 0 unspecified atom stereocenters. The number of hydrogen-bond donors (Lipinski definition) is 1. The Balaban J connectivity index is 2.33. The molecule has 0 aromatic carbocycles. The zero-order chi connectivity index (χ0) is 16.8. The number of aromatic amines is 1. The van der Waals surface area contributed by atoms with E-state index in [1.54, 1.807) is 6.92 Å². The van der Waals surface area contributed by atoms with Crippen LogP contribution in [0.3, 0.4) is 0 Å². The summed E-state index contributed by atoms with van der Waals surface area (Å²) in [6.07, 6.45) is -3.45. The smallest absolute Gasteiger partial charge is 0.417 e. The maximum atomic E-state index is 13.1. The third-order valence-corrected chi connectivity index (χ3v) is 3.23. The number of pyridine rings is 2. The number of carbonyl (C=O) groups is 1. The fourth-order valence-electron chi connectivity index (χ4n) is 2.30. The highest BCUT2D eigenvalue weighted by molar-refractivity contribution is 5.89. The van der Waals surface area contributed by atoms with Gasteiger partial charge in [-0.25, -0.2) is 9.78 Å². The third kappa shape index (κ3) is 2.54. The second-order valence-electron chi connectivity index (χ2n) is 4.72. The Kier molecular flexibility index (Phi) is 3.35. The van der Waals surface area contributed by atoms with Crippen molar-refractivity contribution in [1.82, 2.24) is 14.4 Å². The van der Waals surface area contributed by atoms with E-state index in [-0.39, 0.29) is 29.0 Å². The highest BCUT2D eigenvalue weighted by atomic mass is 19.4. The molecule has 120 valence electrons. The van der Waals surface area contributed by atoms with E-state index in [1.807, 2.05) is 0 Å². The summed E-state index contributed by atoms with van der Waals surface area (Å²) in [5.74, 6) is -0.696. The Morgan fingerprint density at radius 2 is 2.13 bits per heavy atom. The fraction of sp³-hybridized carbons (Fsp3) is 0.214. The number of alkyl halides is 3. The molecule has 6 nitrogen and oxygen atoms in total. The van der Waals surface area contributed by atoms with E-state index in [2.05, 4.69) is 9.97 Å². The number of fused-ring (bicyclic) bond motifs is 3. The van der Waals surface area contributed by atoms with E-state index in [0.29, 0.717) is 6.07 Å². The van der Waals surface area contributed by atoms with Crippen LogP contribution in [0.1, 0.15) is 23.0 Å². The van der Waals surface area contributed by atoms with Gasteiger partial charge in [-0.3, -0.25) is 9.20 Å². The standard InChI is InChI=1S/C14H10F3N3O3/c1-2-23-13(22)9-6-20-10(18-9)4-3-7-8(14(15,16)17)5-11(21)19-12(7)20/h3-6H,2H2,1H3,(H,19,21). The van der Waals surface area contributed by atoms with Crippen LogP contribution in [-0.4, -0.2) is 26.9 Å². The summed E-state index contributed by atoms with van der Waals surface area (Å²) in [5.41, 5.74) is -1.88. The molecule has 3 heterocycles. The number of rotatable bonds is 2. The lowest BCUT2D eigenvalue weighted by atomic mass is 10.1. The normalized spacial score (nSPS) is 12.0. The van der Waals surface area contributed by atoms with E-state index in [0.717, 1.165) is 0 Å². The minimum atomic E-state index is -4.68. The number of imidazole rings is 1. The molecule has 0 atom stereocenters. The van der Waals surface area contributed by atoms with Crippen LogP contribution in [0.25, 0.3) is 16.7 Å². The first-order chi connectivity index (χ1) is 10.8. The molecule has 9 heteroatoms. The van der Waals surface area contributed by atoms with Crippen LogP contribution < -0.4 is 5.56 Å². The average molecular weight is 325 g/mol. The maximum Gasteiger partial charge on any atom is 0.417 e. The summed E-state index contributed by atoms with van der Waals surface area (Å²) in [6, 6.07) is 3.03. The Morgan fingerprint density at radius 3 is 2.78 bits per heavy atom. The van der Waals surface area contributed by atoms with Gasteiger partial charge in [-0.2, -0.15) is 13.2 Å². The Labute approximate surface area is 126 Å². The number of carbonyl (C=O) groups excluding carboxylic acids is 1. The molecule has 0 saturated carbocycles. The van der Waals surface area contributed by atoms with Crippen molar-refractivity contribution >= 4 is 22.6 Å². The molecule has 0 fully saturated rings. The number of H-pyrrole nitrogens is 1. The number of nitrogens with one attached hydrogen (secondary N) is 1. The fourth-order valence-corrected chi connectivity index (χ4v) is 2.30. The monoisotopic (exact) mass is 325 g/mol. The molecule has 0 aliphatic rings. The quantitative estimate of drug-likeness (QED) is 0.734. The number of hydrogen-bond acceptors (Lipinski definition) is 4. The van der Waals surface area contributed by atoms with Crippen molar-refractivity contribution in [3.8, 4) is 0 Å². The second kappa shape index (κ2) is 5.11. The van der Waals surface area contributed by atoms with Gasteiger partial charge in [0.2, 0.25) is 5.56 Å². The van der Waals surface area contributed by atoms with E-state index >= 15 is 0 Å². The van der Waals surface area contributed by atoms with Crippen LogP contribution in [0, 0.1) is 0 Å². The van der Waals surface area contributed by atoms with Gasteiger partial charge in [0, 0.05) is 17.6 Å². The molecule has 3 aromatic rings. The van der Waals surface area contributed by atoms with Crippen LogP contribution in [0.5, 0.6) is 0 Å². The van der Waals surface area contributed by atoms with Crippen LogP contribution in [-0.2, 0) is 10.9 Å². The van der Waals surface area contributed by atoms with E-state index in [4.69, 9.17) is 4.74 Å². The number of aromatic nitrogens is 3. The van der Waals surface area contributed by atoms with E-state index in [1.165, 1.54) is 22.7 Å². The summed E-state index contributed by atoms with van der Waals surface area (Å²) in [5, 5.41) is -0.197. The molecule has 0 aliphatic carbocycles. The van der Waals surface area contributed by atoms with Crippen molar-refractivity contribution in [3.63, 3.8) is 0 Å². The lowest BCUT2D eigenvalue weighted by Crippen LogP contribution is -2.15. The van der Waals surface area contributed by atoms with Crippen molar-refractivity contribution in [2.45, 2.75) is 13.1 Å². The van der Waals surface area contributed by atoms with Crippen LogP contribution in [0.2, 0.25) is 0 Å². The highest BCUT2D eigenvalue weighted by Gasteiger charge is 2.33. The van der Waals surface area contributed by atoms with Gasteiger partial charge in [0.05, 0.1) is 12.2 Å². The molecule has 0 bridgehead atoms. The van der Waals surface area contributed by atoms with Gasteiger partial charge in [-0.05, 0) is 19.1 Å². The third-order valence-electron chi connectivity index (χ3n) is 3.23. The molecule has 0 saturated heterocycles. The first kappa shape index (κ1) is 15.1. The predicted molar refractivity (Wildman–Crippen MR) is 74.3 cm³/mol. The van der Waals surface area contributed by atoms with Crippen molar-refractivity contribution in [3.05, 3.63) is 46.0 Å². The first-order valence-electron chi connectivity index (χ1n) is 6.60. The molecule has 23 heavy (non-hydrogen) atoms. The molecular weight excluding hydrogens is 315 g/mol. The van der Waals surface area contributed by atoms with Gasteiger partial charge < -0.3 is 9.72 Å². The molecule has 0 radical (unpaired) electrons. The van der Waals surface area contributed by atoms with Crippen molar-refractivity contribution < 1.29 is 22.7 Å². The second-order valence-corrected chi connectivity index (χ2v) is 4.72. The van der Waals surface area contributed by atoms with Gasteiger partial charge >= 0.3 is 12.1 Å². The zero-order valence-corrected chi connectivity index (χ0v) is 11.8. The first-order valence-corrected chi connectivity index (χ1v) is 6.60. The number of esters is 1. The SMILES string of the molecule is CCOC(=O)c1cn2c(ccc3c(C(F)(F)F)cc(=O)[nH]c32)n1. The topological polar surface area (TPSA) is 76.5 Å². The van der Waals surface area contributed by atoms with Crippen LogP contribution in [0.15, 0.2) is 29.2 Å². The zero-order valence-electron chi connectivity index (χ0n) is 11.8. The summed E-state index contributed by atoms with van der Waals surface area (Å²) in [4.78, 5) is 29.6. The average Bonchev–Trinajstić information content (AvgIpc) is 2.90. The summed E-state index contributed by atoms with van der Waals surface area (Å²) in [7, 11) is 0. The molecule has 0 amide bonds. The number of halogens is 3.